The van der Waals surface area contributed by atoms with E-state index in [-0.39, 0.29) is 0 Å². The average Bonchev–Trinajstić information content (AvgIpc) is 3.72. The molecule has 0 atom stereocenters. The second kappa shape index (κ2) is 11.6. The van der Waals surface area contributed by atoms with E-state index in [1.54, 1.807) is 0 Å². The van der Waals surface area contributed by atoms with Crippen molar-refractivity contribution in [2.24, 2.45) is 0 Å². The van der Waals surface area contributed by atoms with E-state index < -0.39 is 0 Å². The molecule has 0 spiro atoms. The predicted octanol–water partition coefficient (Wildman–Crippen LogP) is 12.0. The van der Waals surface area contributed by atoms with Gasteiger partial charge in [-0.2, -0.15) is 0 Å². The van der Waals surface area contributed by atoms with Gasteiger partial charge in [-0.15, -0.1) is 11.3 Å². The van der Waals surface area contributed by atoms with E-state index in [2.05, 4.69) is 114 Å². The third-order valence-electron chi connectivity index (χ3n) is 9.45. The first kappa shape index (κ1) is 28.6. The summed E-state index contributed by atoms with van der Waals surface area (Å²) in [4.78, 5) is 14.8. The molecular formula is C45H28N4S. The van der Waals surface area contributed by atoms with Gasteiger partial charge in [-0.25, -0.2) is 15.0 Å². The van der Waals surface area contributed by atoms with E-state index in [0.29, 0.717) is 17.5 Å². The van der Waals surface area contributed by atoms with Crippen LogP contribution in [-0.4, -0.2) is 19.5 Å². The molecule has 0 radical (unpaired) electrons. The van der Waals surface area contributed by atoms with E-state index in [1.807, 2.05) is 72.0 Å². The van der Waals surface area contributed by atoms with Gasteiger partial charge in [0.2, 0.25) is 0 Å². The molecule has 0 unspecified atom stereocenters. The van der Waals surface area contributed by atoms with Crippen LogP contribution >= 0.6 is 11.3 Å². The smallest absolute Gasteiger partial charge is 0.164 e. The van der Waals surface area contributed by atoms with Gasteiger partial charge in [0.25, 0.3) is 0 Å². The lowest BCUT2D eigenvalue weighted by Gasteiger charge is -2.11. The van der Waals surface area contributed by atoms with Crippen molar-refractivity contribution < 1.29 is 0 Å². The molecule has 0 aliphatic carbocycles. The fourth-order valence-electron chi connectivity index (χ4n) is 7.02. The van der Waals surface area contributed by atoms with Crippen LogP contribution in [0.2, 0.25) is 0 Å². The number of hydrogen-bond donors (Lipinski definition) is 0. The molecule has 50 heavy (non-hydrogen) atoms. The topological polar surface area (TPSA) is 43.6 Å². The summed E-state index contributed by atoms with van der Waals surface area (Å²) < 4.78 is 5.00. The minimum absolute atomic E-state index is 0.643. The first-order valence-corrected chi connectivity index (χ1v) is 17.5. The molecule has 0 amide bonds. The maximum absolute atomic E-state index is 4.96. The third kappa shape index (κ3) is 4.79. The highest BCUT2D eigenvalue weighted by atomic mass is 32.1. The van der Waals surface area contributed by atoms with Crippen LogP contribution in [0.25, 0.3) is 93.0 Å². The number of nitrogens with zero attached hydrogens (tertiary/aromatic N) is 4. The minimum atomic E-state index is 0.643. The molecule has 10 rings (SSSR count). The summed E-state index contributed by atoms with van der Waals surface area (Å²) in [6.45, 7) is 0. The Morgan fingerprint density at radius 3 is 1.50 bits per heavy atom. The second-order valence-electron chi connectivity index (χ2n) is 12.5. The molecule has 7 aromatic carbocycles. The zero-order valence-corrected chi connectivity index (χ0v) is 27.7. The highest BCUT2D eigenvalue weighted by Crippen LogP contribution is 2.41. The molecule has 5 heteroatoms. The molecular weight excluding hydrogens is 629 g/mol. The SMILES string of the molecule is c1ccc(-c2ccc3c4cc5c(cc4n(-c4ccc(-c6nc(-c7ccccc7)nc(-c7ccccc7)n6)cc4)c3c2)sc2ccccc25)cc1. The summed E-state index contributed by atoms with van der Waals surface area (Å²) in [6, 6.07) is 59.8. The molecule has 0 aliphatic rings. The van der Waals surface area contributed by atoms with Gasteiger partial charge < -0.3 is 4.57 Å². The Kier molecular flexibility index (Phi) is 6.64. The highest BCUT2D eigenvalue weighted by Gasteiger charge is 2.18. The van der Waals surface area contributed by atoms with Crippen molar-refractivity contribution >= 4 is 53.3 Å². The Balaban J connectivity index is 1.16. The Morgan fingerprint density at radius 2 is 0.860 bits per heavy atom. The molecule has 4 nitrogen and oxygen atoms in total. The van der Waals surface area contributed by atoms with Gasteiger partial charge in [0, 0.05) is 53.3 Å². The van der Waals surface area contributed by atoms with E-state index in [9.17, 15) is 0 Å². The zero-order chi connectivity index (χ0) is 33.0. The highest BCUT2D eigenvalue weighted by molar-refractivity contribution is 7.25. The third-order valence-corrected chi connectivity index (χ3v) is 10.6. The van der Waals surface area contributed by atoms with Crippen LogP contribution in [0.15, 0.2) is 170 Å². The number of rotatable bonds is 5. The first-order valence-electron chi connectivity index (χ1n) is 16.7. The summed E-state index contributed by atoms with van der Waals surface area (Å²) >= 11 is 1.85. The summed E-state index contributed by atoms with van der Waals surface area (Å²) in [5, 5.41) is 5.09. The number of benzene rings is 7. The summed E-state index contributed by atoms with van der Waals surface area (Å²) in [5.74, 6) is 1.95. The van der Waals surface area contributed by atoms with Crippen LogP contribution in [0.4, 0.5) is 0 Å². The lowest BCUT2D eigenvalue weighted by molar-refractivity contribution is 1.07. The molecule has 234 valence electrons. The number of thiophene rings is 1. The lowest BCUT2D eigenvalue weighted by Crippen LogP contribution is -2.00. The average molecular weight is 657 g/mol. The number of hydrogen-bond acceptors (Lipinski definition) is 4. The van der Waals surface area contributed by atoms with Crippen molar-refractivity contribution in [2.75, 3.05) is 0 Å². The van der Waals surface area contributed by atoms with Crippen molar-refractivity contribution in [3.8, 4) is 51.0 Å². The molecule has 0 saturated heterocycles. The Labute approximate surface area is 292 Å². The fourth-order valence-corrected chi connectivity index (χ4v) is 8.14. The van der Waals surface area contributed by atoms with Crippen molar-refractivity contribution in [1.29, 1.82) is 0 Å². The van der Waals surface area contributed by atoms with Gasteiger partial charge in [0.15, 0.2) is 17.5 Å². The van der Waals surface area contributed by atoms with Gasteiger partial charge in [-0.05, 0) is 59.7 Å². The second-order valence-corrected chi connectivity index (χ2v) is 13.6. The molecule has 0 fully saturated rings. The normalized spacial score (nSPS) is 11.6. The minimum Gasteiger partial charge on any atom is -0.309 e. The summed E-state index contributed by atoms with van der Waals surface area (Å²) in [6.07, 6.45) is 0. The number of aromatic nitrogens is 4. The molecule has 0 N–H and O–H groups in total. The Hall–Kier alpha value is -6.43. The molecule has 0 saturated carbocycles. The van der Waals surface area contributed by atoms with Crippen LogP contribution in [0.5, 0.6) is 0 Å². The molecule has 0 aliphatic heterocycles. The maximum atomic E-state index is 4.96. The first-order chi connectivity index (χ1) is 24.8. The quantitative estimate of drug-likeness (QED) is 0.185. The maximum Gasteiger partial charge on any atom is 0.164 e. The number of fused-ring (bicyclic) bond motifs is 6. The molecule has 3 heterocycles. The summed E-state index contributed by atoms with van der Waals surface area (Å²) in [7, 11) is 0. The van der Waals surface area contributed by atoms with Gasteiger partial charge in [0.05, 0.1) is 11.0 Å². The van der Waals surface area contributed by atoms with Gasteiger partial charge in [0.1, 0.15) is 0 Å². The Morgan fingerprint density at radius 1 is 0.340 bits per heavy atom. The van der Waals surface area contributed by atoms with Crippen LogP contribution in [0.1, 0.15) is 0 Å². The fraction of sp³-hybridized carbons (Fsp3) is 0. The molecule has 0 bridgehead atoms. The van der Waals surface area contributed by atoms with Crippen LogP contribution in [0.3, 0.4) is 0 Å². The Bertz CT molecular complexity index is 2780. The van der Waals surface area contributed by atoms with Crippen LogP contribution in [-0.2, 0) is 0 Å². The standard InChI is InChI=1S/C45H28N4S/c1-4-12-29(13-5-1)33-22-25-35-37-27-38-36-18-10-11-19-41(36)50-42(38)28-40(37)49(39(35)26-33)34-23-20-32(21-24-34)45-47-43(30-14-6-2-7-15-30)46-44(48-45)31-16-8-3-9-17-31/h1-28H. The largest absolute Gasteiger partial charge is 0.309 e. The van der Waals surface area contributed by atoms with Gasteiger partial charge in [-0.1, -0.05) is 121 Å². The van der Waals surface area contributed by atoms with Crippen molar-refractivity contribution in [1.82, 2.24) is 19.5 Å². The van der Waals surface area contributed by atoms with Crippen molar-refractivity contribution in [3.63, 3.8) is 0 Å². The van der Waals surface area contributed by atoms with Crippen LogP contribution in [0, 0.1) is 0 Å². The predicted molar refractivity (Wildman–Crippen MR) is 209 cm³/mol. The van der Waals surface area contributed by atoms with Gasteiger partial charge in [-0.3, -0.25) is 0 Å². The van der Waals surface area contributed by atoms with Crippen molar-refractivity contribution in [3.05, 3.63) is 170 Å². The molecule has 10 aromatic rings. The van der Waals surface area contributed by atoms with E-state index >= 15 is 0 Å². The van der Waals surface area contributed by atoms with Gasteiger partial charge >= 0.3 is 0 Å². The lowest BCUT2D eigenvalue weighted by atomic mass is 10.0. The monoisotopic (exact) mass is 656 g/mol. The van der Waals surface area contributed by atoms with E-state index in [1.165, 1.54) is 53.1 Å². The van der Waals surface area contributed by atoms with E-state index in [4.69, 9.17) is 15.0 Å². The van der Waals surface area contributed by atoms with Crippen molar-refractivity contribution in [2.45, 2.75) is 0 Å². The molecule has 3 aromatic heterocycles. The summed E-state index contributed by atoms with van der Waals surface area (Å²) in [5.41, 5.74) is 8.69. The zero-order valence-electron chi connectivity index (χ0n) is 26.9. The van der Waals surface area contributed by atoms with E-state index in [0.717, 1.165) is 22.4 Å². The van der Waals surface area contributed by atoms with Crippen LogP contribution < -0.4 is 0 Å².